The molecular formula is C22H18ClF4N5O. The molecule has 2 N–H and O–H groups in total. The number of alkyl halides is 3. The number of aryl methyl sites for hydroxylation is 1. The summed E-state index contributed by atoms with van der Waals surface area (Å²) in [6.07, 6.45) is -4.52. The van der Waals surface area contributed by atoms with Crippen LogP contribution in [-0.2, 0) is 19.1 Å². The van der Waals surface area contributed by atoms with E-state index in [-0.39, 0.29) is 30.0 Å². The normalized spacial score (nSPS) is 11.8. The van der Waals surface area contributed by atoms with Crippen molar-refractivity contribution in [2.75, 3.05) is 11.9 Å². The molecule has 0 bridgehead atoms. The number of rotatable bonds is 6. The van der Waals surface area contributed by atoms with Gasteiger partial charge in [-0.25, -0.2) is 9.37 Å². The van der Waals surface area contributed by atoms with Crippen LogP contribution in [0.2, 0.25) is 5.02 Å². The zero-order chi connectivity index (χ0) is 23.8. The molecule has 6 nitrogen and oxygen atoms in total. The lowest BCUT2D eigenvalue weighted by Gasteiger charge is -2.10. The fourth-order valence-electron chi connectivity index (χ4n) is 3.46. The van der Waals surface area contributed by atoms with Gasteiger partial charge in [-0.2, -0.15) is 18.2 Å². The van der Waals surface area contributed by atoms with Crippen molar-refractivity contribution in [2.24, 2.45) is 0 Å². The fourth-order valence-corrected chi connectivity index (χ4v) is 3.58. The van der Waals surface area contributed by atoms with Crippen molar-refractivity contribution in [3.8, 4) is 11.4 Å². The number of imidazole rings is 1. The molecule has 4 rings (SSSR count). The molecule has 0 aliphatic rings. The second-order valence-corrected chi connectivity index (χ2v) is 7.69. The lowest BCUT2D eigenvalue weighted by Crippen LogP contribution is -2.16. The topological polar surface area (TPSA) is 75.6 Å². The Kier molecular flexibility index (Phi) is 6.11. The van der Waals surface area contributed by atoms with Crippen LogP contribution in [-0.4, -0.2) is 26.1 Å². The quantitative estimate of drug-likeness (QED) is 0.369. The van der Waals surface area contributed by atoms with E-state index in [1.807, 2.05) is 6.92 Å². The smallest absolute Gasteiger partial charge is 0.355 e. The van der Waals surface area contributed by atoms with Crippen molar-refractivity contribution in [1.29, 1.82) is 0 Å². The van der Waals surface area contributed by atoms with E-state index in [1.54, 1.807) is 28.8 Å². The Morgan fingerprint density at radius 3 is 2.48 bits per heavy atom. The van der Waals surface area contributed by atoms with Gasteiger partial charge in [0.25, 0.3) is 5.56 Å². The van der Waals surface area contributed by atoms with Gasteiger partial charge in [0.15, 0.2) is 11.2 Å². The van der Waals surface area contributed by atoms with Crippen LogP contribution in [0.1, 0.15) is 18.1 Å². The van der Waals surface area contributed by atoms with E-state index in [0.717, 1.165) is 17.7 Å². The fraction of sp³-hybridized carbons (Fsp3) is 0.227. The first-order valence-corrected chi connectivity index (χ1v) is 10.4. The minimum atomic E-state index is -4.61. The summed E-state index contributed by atoms with van der Waals surface area (Å²) in [6.45, 7) is 2.53. The van der Waals surface area contributed by atoms with Gasteiger partial charge in [0.05, 0.1) is 5.56 Å². The predicted octanol–water partition coefficient (Wildman–Crippen LogP) is 5.27. The highest BCUT2D eigenvalue weighted by molar-refractivity contribution is 6.30. The number of H-pyrrole nitrogens is 1. The van der Waals surface area contributed by atoms with Crippen LogP contribution in [0.25, 0.3) is 22.6 Å². The Hall–Kier alpha value is -3.40. The van der Waals surface area contributed by atoms with E-state index in [4.69, 9.17) is 11.6 Å². The predicted molar refractivity (Wildman–Crippen MR) is 118 cm³/mol. The molecule has 0 saturated heterocycles. The van der Waals surface area contributed by atoms with E-state index in [9.17, 15) is 22.4 Å². The van der Waals surface area contributed by atoms with Crippen LogP contribution in [0.5, 0.6) is 0 Å². The minimum absolute atomic E-state index is 0.0920. The second-order valence-electron chi connectivity index (χ2n) is 7.25. The number of nitrogens with one attached hydrogen (secondary N) is 2. The summed E-state index contributed by atoms with van der Waals surface area (Å²) >= 11 is 5.95. The van der Waals surface area contributed by atoms with Gasteiger partial charge in [-0.15, -0.1) is 0 Å². The molecule has 0 unspecified atom stereocenters. The zero-order valence-electron chi connectivity index (χ0n) is 17.3. The van der Waals surface area contributed by atoms with E-state index < -0.39 is 23.1 Å². The largest absolute Gasteiger partial charge is 0.416 e. The number of hydrogen-bond donors (Lipinski definition) is 2. The van der Waals surface area contributed by atoms with Crippen molar-refractivity contribution in [3.05, 3.63) is 74.8 Å². The Bertz CT molecular complexity index is 1360. The van der Waals surface area contributed by atoms with Gasteiger partial charge in [0, 0.05) is 23.7 Å². The monoisotopic (exact) mass is 479 g/mol. The van der Waals surface area contributed by atoms with E-state index >= 15 is 0 Å². The van der Waals surface area contributed by atoms with Gasteiger partial charge >= 0.3 is 6.18 Å². The molecule has 4 aromatic rings. The van der Waals surface area contributed by atoms with Crippen LogP contribution in [0.3, 0.4) is 0 Å². The molecule has 0 amide bonds. The van der Waals surface area contributed by atoms with Crippen LogP contribution in [0.4, 0.5) is 23.5 Å². The van der Waals surface area contributed by atoms with E-state index in [0.29, 0.717) is 29.1 Å². The number of aromatic amines is 1. The molecule has 0 aliphatic heterocycles. The summed E-state index contributed by atoms with van der Waals surface area (Å²) in [5, 5.41) is 3.47. The Labute approximate surface area is 190 Å². The molecule has 2 aromatic heterocycles. The number of anilines is 1. The van der Waals surface area contributed by atoms with Gasteiger partial charge < -0.3 is 9.88 Å². The summed E-state index contributed by atoms with van der Waals surface area (Å²) in [5.41, 5.74) is -0.0767. The standard InChI is InChI=1S/C22H18ClF4N5O/c1-2-32-18(13-4-7-15(23)8-5-13)29-17-19(32)30-21(31-20(17)33)28-10-9-12-3-6-14(11-16(12)24)22(25,26)27/h3-8,11H,2,9-10H2,1H3,(H2,28,30,31,33). The van der Waals surface area contributed by atoms with Crippen LogP contribution in [0, 0.1) is 5.82 Å². The van der Waals surface area contributed by atoms with E-state index in [2.05, 4.69) is 20.3 Å². The molecule has 0 spiro atoms. The maximum atomic E-state index is 14.0. The van der Waals surface area contributed by atoms with Crippen molar-refractivity contribution < 1.29 is 17.6 Å². The Morgan fingerprint density at radius 2 is 1.85 bits per heavy atom. The highest BCUT2D eigenvalue weighted by atomic mass is 35.5. The molecule has 11 heteroatoms. The zero-order valence-corrected chi connectivity index (χ0v) is 18.1. The first kappa shape index (κ1) is 22.8. The maximum absolute atomic E-state index is 14.0. The lowest BCUT2D eigenvalue weighted by atomic mass is 10.1. The summed E-state index contributed by atoms with van der Waals surface area (Å²) in [7, 11) is 0. The molecule has 0 fully saturated rings. The maximum Gasteiger partial charge on any atom is 0.416 e. The average molecular weight is 480 g/mol. The van der Waals surface area contributed by atoms with Gasteiger partial charge in [-0.1, -0.05) is 17.7 Å². The summed E-state index contributed by atoms with van der Waals surface area (Å²) in [4.78, 5) is 24.0. The molecule has 0 atom stereocenters. The first-order valence-electron chi connectivity index (χ1n) is 10.0. The number of halogens is 5. The Morgan fingerprint density at radius 1 is 1.12 bits per heavy atom. The molecule has 0 radical (unpaired) electrons. The van der Waals surface area contributed by atoms with Gasteiger partial charge in [0.2, 0.25) is 5.95 Å². The van der Waals surface area contributed by atoms with Crippen molar-refractivity contribution in [1.82, 2.24) is 19.5 Å². The van der Waals surface area contributed by atoms with Crippen molar-refractivity contribution in [3.63, 3.8) is 0 Å². The van der Waals surface area contributed by atoms with Gasteiger partial charge in [-0.3, -0.25) is 9.78 Å². The number of fused-ring (bicyclic) bond motifs is 1. The SMILES string of the molecule is CCn1c(-c2ccc(Cl)cc2)nc2c(=O)[nH]c(NCCc3ccc(C(F)(F)F)cc3F)nc21. The van der Waals surface area contributed by atoms with Crippen LogP contribution >= 0.6 is 11.6 Å². The highest BCUT2D eigenvalue weighted by Gasteiger charge is 2.31. The molecule has 172 valence electrons. The third-order valence-corrected chi connectivity index (χ3v) is 5.34. The highest BCUT2D eigenvalue weighted by Crippen LogP contribution is 2.30. The van der Waals surface area contributed by atoms with Crippen LogP contribution in [0.15, 0.2) is 47.3 Å². The molecule has 33 heavy (non-hydrogen) atoms. The summed E-state index contributed by atoms with van der Waals surface area (Å²) in [6, 6.07) is 9.44. The van der Waals surface area contributed by atoms with Crippen LogP contribution < -0.4 is 10.9 Å². The number of nitrogens with zero attached hydrogens (tertiary/aromatic N) is 3. The minimum Gasteiger partial charge on any atom is -0.355 e. The number of aromatic nitrogens is 4. The van der Waals surface area contributed by atoms with Crippen molar-refractivity contribution in [2.45, 2.75) is 26.1 Å². The second kappa shape index (κ2) is 8.86. The van der Waals surface area contributed by atoms with Gasteiger partial charge in [-0.05, 0) is 55.3 Å². The molecular weight excluding hydrogens is 462 g/mol. The molecule has 0 saturated carbocycles. The van der Waals surface area contributed by atoms with Crippen molar-refractivity contribution >= 4 is 28.7 Å². The number of hydrogen-bond acceptors (Lipinski definition) is 4. The molecule has 2 heterocycles. The third kappa shape index (κ3) is 4.70. The first-order chi connectivity index (χ1) is 15.7. The molecule has 2 aromatic carbocycles. The summed E-state index contributed by atoms with van der Waals surface area (Å²) in [5.74, 6) is -0.233. The average Bonchev–Trinajstić information content (AvgIpc) is 3.14. The number of benzene rings is 2. The Balaban J connectivity index is 1.57. The van der Waals surface area contributed by atoms with Gasteiger partial charge in [0.1, 0.15) is 11.6 Å². The summed E-state index contributed by atoms with van der Waals surface area (Å²) < 4.78 is 53.9. The van der Waals surface area contributed by atoms with E-state index in [1.165, 1.54) is 0 Å². The third-order valence-electron chi connectivity index (χ3n) is 5.09. The molecule has 0 aliphatic carbocycles. The lowest BCUT2D eigenvalue weighted by molar-refractivity contribution is -0.137.